The Labute approximate surface area is 907 Å². The summed E-state index contributed by atoms with van der Waals surface area (Å²) in [7, 11) is -3.24. The number of rotatable bonds is 23. The number of aromatic nitrogens is 8. The van der Waals surface area contributed by atoms with Crippen molar-refractivity contribution in [1.29, 1.82) is 0 Å². The normalized spacial score (nSPS) is 10.6. The van der Waals surface area contributed by atoms with E-state index >= 15 is 0 Å². The van der Waals surface area contributed by atoms with Crippen LogP contribution < -0.4 is 25.4 Å². The maximum absolute atomic E-state index is 14.9. The van der Waals surface area contributed by atoms with Crippen molar-refractivity contribution in [1.82, 2.24) is 39.5 Å². The molecule has 0 saturated carbocycles. The van der Waals surface area contributed by atoms with Gasteiger partial charge >= 0.3 is 42.1 Å². The first-order valence-electron chi connectivity index (χ1n) is 46.6. The van der Waals surface area contributed by atoms with Gasteiger partial charge in [0.05, 0.1) is 24.2 Å². The minimum Gasteiger partial charge on any atom is -0.490 e. The topological polar surface area (TPSA) is 131 Å². The molecule has 0 N–H and O–H groups in total. The van der Waals surface area contributed by atoms with Crippen molar-refractivity contribution >= 4 is 66.4 Å². The zero-order valence-corrected chi connectivity index (χ0v) is 91.5. The van der Waals surface area contributed by atoms with Crippen LogP contribution in [0.25, 0.3) is 150 Å². The summed E-state index contributed by atoms with van der Waals surface area (Å²) in [5.41, 5.74) is 26.0. The second-order valence-electron chi connectivity index (χ2n) is 33.2. The summed E-state index contributed by atoms with van der Waals surface area (Å²) in [6, 6.07) is 156. The second-order valence-corrected chi connectivity index (χ2v) is 35.9. The predicted molar refractivity (Wildman–Crippen MR) is 566 cm³/mol. The van der Waals surface area contributed by atoms with Gasteiger partial charge in [0.1, 0.15) is 7.14 Å². The largest absolute Gasteiger partial charge is 2.00 e. The molecule has 11 nitrogen and oxygen atoms in total. The molecule has 0 amide bonds. The van der Waals surface area contributed by atoms with E-state index < -0.39 is 7.14 Å². The maximum Gasteiger partial charge on any atom is 2.00 e. The summed E-state index contributed by atoms with van der Waals surface area (Å²) in [5, 5.41) is 9.24. The van der Waals surface area contributed by atoms with Crippen LogP contribution in [-0.2, 0) is 113 Å². The molecule has 0 bridgehead atoms. The number of hydrogen-bond acceptors (Lipinski definition) is 10. The first-order valence-corrected chi connectivity index (χ1v) is 48.3. The van der Waals surface area contributed by atoms with Crippen molar-refractivity contribution in [3.63, 3.8) is 0 Å². The van der Waals surface area contributed by atoms with Gasteiger partial charge in [0.25, 0.3) is 0 Å². The third kappa shape index (κ3) is 26.6. The van der Waals surface area contributed by atoms with Crippen molar-refractivity contribution in [2.75, 3.05) is 13.2 Å². The number of para-hydroxylation sites is 2. The Morgan fingerprint density at radius 2 is 0.699 bits per heavy atom. The van der Waals surface area contributed by atoms with Crippen LogP contribution in [0.2, 0.25) is 0 Å². The summed E-state index contributed by atoms with van der Waals surface area (Å²) >= 11 is 0. The molecule has 8 heterocycles. The maximum atomic E-state index is 14.9. The summed E-state index contributed by atoms with van der Waals surface area (Å²) in [6.45, 7) is 10.0. The SMILES string of the molecule is CCCCOc1ccc(-c2cc[c-]c(-c3ccccn3)c2)cc1OCCCC.Cc1ccc(C)c(-c2cc[c-]c(-c3ccccn3)c2)c1.O=P(c1[c-]c(-c2ccccn2)ccc1)(c1[c-]c(-c2ccccn2)ccc1)c1ccccc1.[Ir].[Ir].[Ir].[Pt+2].[Pt+2].[c-]1c(Cc2[c-]c(-c3ccccn3)c3ccccc3c2)cc2ccccc2c1-c1ccccn1.[c-]1ccc(-n2c3ccccc3c3ccccc32)cc1-c1ccccn1. The third-order valence-corrected chi connectivity index (χ3v) is 26.6. The summed E-state index contributed by atoms with van der Waals surface area (Å²) in [6.07, 6.45) is 17.6. The average Bonchev–Trinajstić information content (AvgIpc) is 1.65. The van der Waals surface area contributed by atoms with Gasteiger partial charge in [-0.2, -0.15) is 0 Å². The minimum absolute atomic E-state index is 0. The molecule has 0 saturated heterocycles. The monoisotopic (exact) mass is 2770 g/mol. The predicted octanol–water partition coefficient (Wildman–Crippen LogP) is 29.4. The van der Waals surface area contributed by atoms with E-state index in [4.69, 9.17) is 9.47 Å². The van der Waals surface area contributed by atoms with E-state index in [1.54, 1.807) is 18.6 Å². The van der Waals surface area contributed by atoms with E-state index in [2.05, 4.69) is 286 Å². The van der Waals surface area contributed by atoms with Crippen LogP contribution >= 0.6 is 7.14 Å². The molecule has 17 heteroatoms. The van der Waals surface area contributed by atoms with Crippen LogP contribution in [0.15, 0.2) is 438 Å². The van der Waals surface area contributed by atoms with Crippen LogP contribution in [0.4, 0.5) is 0 Å². The quantitative estimate of drug-likeness (QED) is 0.0346. The van der Waals surface area contributed by atoms with Gasteiger partial charge in [0.2, 0.25) is 0 Å². The van der Waals surface area contributed by atoms with Gasteiger partial charge in [0, 0.05) is 120 Å². The average molecular weight is 2770 g/mol. The molecular weight excluding hydrogens is 2670 g/mol. The summed E-state index contributed by atoms with van der Waals surface area (Å²) in [5.74, 6) is 1.63. The Morgan fingerprint density at radius 3 is 1.15 bits per heavy atom. The van der Waals surface area contributed by atoms with E-state index in [1.165, 1.54) is 54.8 Å². The minimum atomic E-state index is -3.24. The van der Waals surface area contributed by atoms with E-state index in [9.17, 15) is 4.57 Å². The fraction of sp³-hybridized carbons (Fsp3) is 0.0873. The van der Waals surface area contributed by atoms with Crippen LogP contribution in [0.5, 0.6) is 11.5 Å². The third-order valence-electron chi connectivity index (χ3n) is 23.7. The number of unbranched alkanes of at least 4 members (excludes halogenated alkanes) is 2. The van der Waals surface area contributed by atoms with Gasteiger partial charge in [-0.3, -0.25) is 0 Å². The Hall–Kier alpha value is -13.4. The van der Waals surface area contributed by atoms with Crippen molar-refractivity contribution < 1.29 is 116 Å². The zero-order chi connectivity index (χ0) is 94.0. The fourth-order valence-electron chi connectivity index (χ4n) is 16.8. The Morgan fingerprint density at radius 1 is 0.315 bits per heavy atom. The molecule has 8 aromatic heterocycles. The number of aryl methyl sites for hydroxylation is 2. The molecule has 22 aromatic rings. The molecular formula is C126H98Ir3N8O3PPt2-3. The number of pyridine rings is 7. The Kier molecular flexibility index (Phi) is 39.7. The van der Waals surface area contributed by atoms with Crippen LogP contribution in [-0.4, -0.2) is 52.7 Å². The first kappa shape index (κ1) is 107. The molecule has 0 unspecified atom stereocenters. The summed E-state index contributed by atoms with van der Waals surface area (Å²) < 4.78 is 29.2. The number of hydrogen-bond donors (Lipinski definition) is 0. The van der Waals surface area contributed by atoms with Crippen LogP contribution in [0.1, 0.15) is 61.8 Å². The Bertz CT molecular complexity index is 7650. The van der Waals surface area contributed by atoms with Gasteiger partial charge in [0.15, 0.2) is 11.5 Å². The zero-order valence-electron chi connectivity index (χ0n) is 78.9. The molecule has 143 heavy (non-hydrogen) atoms. The Balaban J connectivity index is 0.000000150. The van der Waals surface area contributed by atoms with Crippen molar-refractivity contribution in [3.8, 4) is 118 Å². The molecule has 0 fully saturated rings. The molecule has 0 aliphatic carbocycles. The standard InChI is InChI=1S/C31H20N2.C28H19N2OP.C25H28NO2.C23H15N2.C19H16N.3Ir.2Pt/c1-3-11-26-24(9-1)18-22(20-28(26)30-13-5-7-15-32-30)17-23-19-25-10-2-4-12-27(25)29(21-23)31-14-6-8-16-33-31;31-32(24-12-2-1-3-13-24,25-14-8-10-22(20-25)27-16-4-6-18-29-27)26-15-9-11-23(21-26)28-17-5-7-19-30-28;1-3-5-16-27-24-14-13-21(19-25(24)28-17-6-4-2)20-10-9-11-22(18-20)23-12-7-8-15-26-23;1-3-13-22-19(10-1)20-11-2-4-14-23(20)25(22)18-9-7-8-17(16-18)21-12-5-6-15-24-21;1-14-9-10-15(2)18(12-14)16-6-5-7-17(13-16)19-8-3-4-11-20-19;;;;;/h1-16,18-19H,17H2;1-19H;7-10,12-15,18-19H,3-6,16-17H2,1-2H3;1-7,9-16H;3-6,8-13H,1-2H3;;;;;/q2*-2;3*-1;;;;2*+2. The van der Waals surface area contributed by atoms with E-state index in [-0.39, 0.29) is 102 Å². The molecule has 22 rings (SSSR count). The second kappa shape index (κ2) is 53.1. The van der Waals surface area contributed by atoms with Gasteiger partial charge in [-0.1, -0.05) is 278 Å². The molecule has 0 aliphatic heterocycles. The fourth-order valence-corrected chi connectivity index (χ4v) is 19.4. The molecule has 715 valence electrons. The van der Waals surface area contributed by atoms with Crippen molar-refractivity contribution in [2.45, 2.75) is 59.8 Å². The molecule has 0 atom stereocenters. The van der Waals surface area contributed by atoms with Crippen molar-refractivity contribution in [2.24, 2.45) is 0 Å². The molecule has 0 aliphatic rings. The molecule has 0 spiro atoms. The van der Waals surface area contributed by atoms with Gasteiger partial charge in [-0.15, -0.1) is 218 Å². The number of ether oxygens (including phenoxy) is 2. The van der Waals surface area contributed by atoms with Crippen molar-refractivity contribution in [3.05, 3.63) is 502 Å². The number of benzene rings is 14. The molecule has 14 aromatic carbocycles. The van der Waals surface area contributed by atoms with Gasteiger partial charge in [-0.25, -0.2) is 0 Å². The smallest absolute Gasteiger partial charge is 0.490 e. The van der Waals surface area contributed by atoms with Gasteiger partial charge < -0.3 is 53.5 Å². The van der Waals surface area contributed by atoms with Crippen LogP contribution in [0, 0.1) is 56.3 Å². The van der Waals surface area contributed by atoms with Gasteiger partial charge in [-0.05, 0) is 162 Å². The number of nitrogens with zero attached hydrogens (tertiary/aromatic N) is 8. The number of fused-ring (bicyclic) bond motifs is 5. The van der Waals surface area contributed by atoms with E-state index in [0.29, 0.717) is 23.8 Å². The molecule has 3 radical (unpaired) electrons. The summed E-state index contributed by atoms with van der Waals surface area (Å²) in [4.78, 5) is 31.3. The van der Waals surface area contributed by atoms with E-state index in [1.807, 2.05) is 243 Å². The van der Waals surface area contributed by atoms with Crippen LogP contribution in [0.3, 0.4) is 0 Å². The van der Waals surface area contributed by atoms with E-state index in [0.717, 1.165) is 166 Å². The first-order chi connectivity index (χ1) is 68.1.